The first-order chi connectivity index (χ1) is 10.3. The quantitative estimate of drug-likeness (QED) is 0.518. The van der Waals surface area contributed by atoms with Crippen LogP contribution in [0.15, 0.2) is 22.5 Å². The third-order valence-corrected chi connectivity index (χ3v) is 5.13. The lowest BCUT2D eigenvalue weighted by molar-refractivity contribution is 0.442. The van der Waals surface area contributed by atoms with E-state index in [9.17, 15) is 5.26 Å². The van der Waals surface area contributed by atoms with Gasteiger partial charge in [0.1, 0.15) is 4.32 Å². The van der Waals surface area contributed by atoms with Crippen molar-refractivity contribution in [3.05, 3.63) is 12.3 Å². The van der Waals surface area contributed by atoms with E-state index in [2.05, 4.69) is 28.9 Å². The van der Waals surface area contributed by atoms with Crippen LogP contribution in [0.2, 0.25) is 0 Å². The summed E-state index contributed by atoms with van der Waals surface area (Å²) in [6.07, 6.45) is 1.68. The van der Waals surface area contributed by atoms with Crippen LogP contribution in [0.4, 0.5) is 0 Å². The Morgan fingerprint density at radius 3 is 2.41 bits per heavy atom. The van der Waals surface area contributed by atoms with Crippen LogP contribution in [0.3, 0.4) is 0 Å². The molecule has 0 aromatic rings. The van der Waals surface area contributed by atoms with E-state index in [-0.39, 0.29) is 0 Å². The molecule has 0 radical (unpaired) electrons. The zero-order valence-corrected chi connectivity index (χ0v) is 14.9. The number of nitriles is 2. The van der Waals surface area contributed by atoms with Crippen molar-refractivity contribution in [2.24, 2.45) is 10.2 Å². The Balaban J connectivity index is 2.70. The van der Waals surface area contributed by atoms with Crippen molar-refractivity contribution in [1.29, 1.82) is 10.5 Å². The van der Waals surface area contributed by atoms with Gasteiger partial charge in [-0.2, -0.15) is 20.8 Å². The standard InChI is InChI=1S/C15H21N5S2/c1-5-14(3,10-16)18-19-15(4,11-17)7-6-12(2)20-8-9-22-13(20)21/h2,5-9H2,1,3-4H3. The molecule has 0 aromatic carbocycles. The molecule has 1 fully saturated rings. The van der Waals surface area contributed by atoms with Crippen molar-refractivity contribution in [1.82, 2.24) is 4.90 Å². The number of rotatable bonds is 7. The maximum absolute atomic E-state index is 9.40. The third-order valence-electron chi connectivity index (χ3n) is 3.70. The summed E-state index contributed by atoms with van der Waals surface area (Å²) < 4.78 is 0.841. The predicted molar refractivity (Wildman–Crippen MR) is 93.3 cm³/mol. The van der Waals surface area contributed by atoms with Crippen molar-refractivity contribution >= 4 is 28.3 Å². The lowest BCUT2D eigenvalue weighted by Crippen LogP contribution is -2.26. The smallest absolute Gasteiger partial charge is 0.165 e. The van der Waals surface area contributed by atoms with Crippen molar-refractivity contribution < 1.29 is 0 Å². The Bertz CT molecular complexity index is 559. The first-order valence-corrected chi connectivity index (χ1v) is 8.57. The monoisotopic (exact) mass is 335 g/mol. The molecule has 0 amide bonds. The van der Waals surface area contributed by atoms with Crippen LogP contribution in [-0.4, -0.2) is 32.6 Å². The second kappa shape index (κ2) is 7.71. The lowest BCUT2D eigenvalue weighted by atomic mass is 9.97. The lowest BCUT2D eigenvalue weighted by Gasteiger charge is -2.23. The minimum Gasteiger partial charge on any atom is -0.331 e. The molecule has 118 valence electrons. The van der Waals surface area contributed by atoms with E-state index in [4.69, 9.17) is 17.5 Å². The fraction of sp³-hybridized carbons (Fsp3) is 0.667. The molecule has 5 nitrogen and oxygen atoms in total. The normalized spacial score (nSPS) is 20.2. The first kappa shape index (κ1) is 18.6. The number of hydrogen-bond acceptors (Lipinski definition) is 6. The van der Waals surface area contributed by atoms with Gasteiger partial charge in [0.15, 0.2) is 11.1 Å². The van der Waals surface area contributed by atoms with E-state index >= 15 is 0 Å². The largest absolute Gasteiger partial charge is 0.331 e. The van der Waals surface area contributed by atoms with Crippen LogP contribution in [0.1, 0.15) is 40.0 Å². The molecular formula is C15H21N5S2. The molecule has 22 heavy (non-hydrogen) atoms. The number of allylic oxidation sites excluding steroid dienone is 1. The molecular weight excluding hydrogens is 314 g/mol. The molecule has 2 atom stereocenters. The van der Waals surface area contributed by atoms with Crippen molar-refractivity contribution in [3.8, 4) is 12.1 Å². The molecule has 0 aromatic heterocycles. The summed E-state index contributed by atoms with van der Waals surface area (Å²) in [6, 6.07) is 4.31. The molecule has 7 heteroatoms. The van der Waals surface area contributed by atoms with Gasteiger partial charge in [0, 0.05) is 18.0 Å². The van der Waals surface area contributed by atoms with Gasteiger partial charge in [-0.3, -0.25) is 0 Å². The summed E-state index contributed by atoms with van der Waals surface area (Å²) in [5.74, 6) is 0.976. The van der Waals surface area contributed by atoms with E-state index in [0.717, 1.165) is 22.3 Å². The number of thiocarbonyl (C=S) groups is 1. The summed E-state index contributed by atoms with van der Waals surface area (Å²) in [5, 5.41) is 26.8. The average molecular weight is 336 g/mol. The Hall–Kier alpha value is -1.44. The first-order valence-electron chi connectivity index (χ1n) is 7.18. The van der Waals surface area contributed by atoms with Crippen LogP contribution in [-0.2, 0) is 0 Å². The van der Waals surface area contributed by atoms with E-state index in [1.165, 1.54) is 0 Å². The van der Waals surface area contributed by atoms with Gasteiger partial charge in [0.2, 0.25) is 0 Å². The van der Waals surface area contributed by atoms with Gasteiger partial charge in [-0.15, -0.1) is 0 Å². The zero-order chi connectivity index (χ0) is 16.8. The van der Waals surface area contributed by atoms with Gasteiger partial charge in [0.05, 0.1) is 12.1 Å². The Morgan fingerprint density at radius 1 is 1.36 bits per heavy atom. The van der Waals surface area contributed by atoms with Gasteiger partial charge in [-0.25, -0.2) is 0 Å². The summed E-state index contributed by atoms with van der Waals surface area (Å²) in [7, 11) is 0. The highest BCUT2D eigenvalue weighted by Gasteiger charge is 2.28. The zero-order valence-electron chi connectivity index (χ0n) is 13.3. The molecule has 1 rings (SSSR count). The molecule has 0 spiro atoms. The third kappa shape index (κ3) is 4.79. The number of azo groups is 1. The molecule has 1 saturated heterocycles. The van der Waals surface area contributed by atoms with Gasteiger partial charge in [-0.05, 0) is 33.1 Å². The fourth-order valence-electron chi connectivity index (χ4n) is 1.72. The van der Waals surface area contributed by atoms with E-state index < -0.39 is 11.1 Å². The Labute approximate surface area is 142 Å². The number of hydrogen-bond donors (Lipinski definition) is 0. The van der Waals surface area contributed by atoms with Gasteiger partial charge >= 0.3 is 0 Å². The van der Waals surface area contributed by atoms with Crippen molar-refractivity contribution in [2.75, 3.05) is 12.3 Å². The summed E-state index contributed by atoms with van der Waals surface area (Å²) in [4.78, 5) is 2.01. The van der Waals surface area contributed by atoms with Crippen molar-refractivity contribution in [3.63, 3.8) is 0 Å². The maximum Gasteiger partial charge on any atom is 0.165 e. The Kier molecular flexibility index (Phi) is 6.52. The minimum atomic E-state index is -0.954. The number of thioether (sulfide) groups is 1. The average Bonchev–Trinajstić information content (AvgIpc) is 2.96. The van der Waals surface area contributed by atoms with Crippen molar-refractivity contribution in [2.45, 2.75) is 51.1 Å². The molecule has 2 unspecified atom stereocenters. The van der Waals surface area contributed by atoms with Crippen LogP contribution in [0.5, 0.6) is 0 Å². The van der Waals surface area contributed by atoms with Gasteiger partial charge < -0.3 is 4.90 Å². The van der Waals surface area contributed by atoms with Crippen LogP contribution >= 0.6 is 24.0 Å². The second-order valence-corrected chi connectivity index (χ2v) is 7.39. The molecule has 1 aliphatic heterocycles. The predicted octanol–water partition coefficient (Wildman–Crippen LogP) is 4.04. The summed E-state index contributed by atoms with van der Waals surface area (Å²) in [6.45, 7) is 10.2. The highest BCUT2D eigenvalue weighted by molar-refractivity contribution is 8.23. The van der Waals surface area contributed by atoms with E-state index in [0.29, 0.717) is 19.3 Å². The van der Waals surface area contributed by atoms with Gasteiger partial charge in [0.25, 0.3) is 0 Å². The highest BCUT2D eigenvalue weighted by Crippen LogP contribution is 2.28. The maximum atomic E-state index is 9.40. The molecule has 1 aliphatic rings. The fourth-order valence-corrected chi connectivity index (χ4v) is 3.02. The molecule has 0 N–H and O–H groups in total. The Morgan fingerprint density at radius 2 is 1.95 bits per heavy atom. The molecule has 1 heterocycles. The topological polar surface area (TPSA) is 75.5 Å². The SMILES string of the molecule is C=C(CCC(C)(C#N)N=NC(C)(C#N)CC)N1CCSC1=S. The van der Waals surface area contributed by atoms with Crippen LogP contribution in [0, 0.1) is 22.7 Å². The van der Waals surface area contributed by atoms with E-state index in [1.54, 1.807) is 25.6 Å². The second-order valence-electron chi connectivity index (χ2n) is 5.66. The minimum absolute atomic E-state index is 0.501. The van der Waals surface area contributed by atoms with E-state index in [1.807, 2.05) is 11.8 Å². The van der Waals surface area contributed by atoms with Crippen LogP contribution < -0.4 is 0 Å². The summed E-state index contributed by atoms with van der Waals surface area (Å²) in [5.41, 5.74) is -0.919. The van der Waals surface area contributed by atoms with Crippen LogP contribution in [0.25, 0.3) is 0 Å². The number of nitrogens with zero attached hydrogens (tertiary/aromatic N) is 5. The highest BCUT2D eigenvalue weighted by atomic mass is 32.2. The summed E-state index contributed by atoms with van der Waals surface area (Å²) >= 11 is 6.92. The molecule has 0 bridgehead atoms. The molecule has 0 saturated carbocycles. The van der Waals surface area contributed by atoms with Gasteiger partial charge in [-0.1, -0.05) is 37.5 Å². The molecule has 0 aliphatic carbocycles.